The number of halogens is 1. The first-order chi connectivity index (χ1) is 14.0. The number of aromatic nitrogens is 2. The van der Waals surface area contributed by atoms with Crippen LogP contribution in [-0.4, -0.2) is 56.8 Å². The van der Waals surface area contributed by atoms with Gasteiger partial charge in [0.05, 0.1) is 23.5 Å². The SMILES string of the molecule is C[C@H]1CCN1C/C=C/C(=O)N1CCn2c(C(=O)Nc3ccccc3Cl)cnc2C1. The topological polar surface area (TPSA) is 70.5 Å². The molecule has 4 rings (SSSR count). The van der Waals surface area contributed by atoms with Crippen LogP contribution in [0, 0.1) is 0 Å². The fourth-order valence-electron chi connectivity index (χ4n) is 3.61. The Morgan fingerprint density at radius 2 is 2.10 bits per heavy atom. The van der Waals surface area contributed by atoms with E-state index in [0.29, 0.717) is 47.9 Å². The zero-order valence-electron chi connectivity index (χ0n) is 16.3. The summed E-state index contributed by atoms with van der Waals surface area (Å²) >= 11 is 6.12. The molecule has 0 radical (unpaired) electrons. The summed E-state index contributed by atoms with van der Waals surface area (Å²) < 4.78 is 1.86. The number of fused-ring (bicyclic) bond motifs is 1. The third-order valence-corrected chi connectivity index (χ3v) is 5.92. The Morgan fingerprint density at radius 3 is 2.83 bits per heavy atom. The lowest BCUT2D eigenvalue weighted by Gasteiger charge is -2.37. The average Bonchev–Trinajstić information content (AvgIpc) is 3.15. The Kier molecular flexibility index (Phi) is 5.69. The van der Waals surface area contributed by atoms with Gasteiger partial charge in [0.2, 0.25) is 5.91 Å². The minimum absolute atomic E-state index is 0.0190. The molecular weight excluding hydrogens is 390 g/mol. The number of carbonyl (C=O) groups excluding carboxylic acids is 2. The number of nitrogens with one attached hydrogen (secondary N) is 1. The lowest BCUT2D eigenvalue weighted by atomic mass is 10.1. The van der Waals surface area contributed by atoms with E-state index in [-0.39, 0.29) is 11.8 Å². The number of para-hydroxylation sites is 1. The molecular formula is C21H24ClN5O2. The van der Waals surface area contributed by atoms with E-state index < -0.39 is 0 Å². The van der Waals surface area contributed by atoms with Crippen molar-refractivity contribution < 1.29 is 9.59 Å². The monoisotopic (exact) mass is 413 g/mol. The molecule has 1 aromatic carbocycles. The van der Waals surface area contributed by atoms with Crippen LogP contribution in [0.4, 0.5) is 5.69 Å². The summed E-state index contributed by atoms with van der Waals surface area (Å²) in [6.07, 6.45) is 6.36. The van der Waals surface area contributed by atoms with Crippen molar-refractivity contribution in [3.05, 3.63) is 59.2 Å². The van der Waals surface area contributed by atoms with Gasteiger partial charge in [-0.1, -0.05) is 29.8 Å². The van der Waals surface area contributed by atoms with Gasteiger partial charge in [-0.15, -0.1) is 0 Å². The number of anilines is 1. The van der Waals surface area contributed by atoms with Gasteiger partial charge in [0.25, 0.3) is 5.91 Å². The normalized spacial score (nSPS) is 19.1. The molecule has 2 aliphatic heterocycles. The van der Waals surface area contributed by atoms with Crippen molar-refractivity contribution in [1.29, 1.82) is 0 Å². The molecule has 0 aliphatic carbocycles. The van der Waals surface area contributed by atoms with E-state index >= 15 is 0 Å². The van der Waals surface area contributed by atoms with Crippen molar-refractivity contribution in [2.24, 2.45) is 0 Å². The van der Waals surface area contributed by atoms with Crippen molar-refractivity contribution in [3.8, 4) is 0 Å². The number of rotatable bonds is 5. The summed E-state index contributed by atoms with van der Waals surface area (Å²) in [5.74, 6) is 0.424. The van der Waals surface area contributed by atoms with E-state index in [2.05, 4.69) is 22.1 Å². The van der Waals surface area contributed by atoms with Gasteiger partial charge in [0, 0.05) is 38.3 Å². The van der Waals surface area contributed by atoms with Crippen LogP contribution >= 0.6 is 11.6 Å². The maximum absolute atomic E-state index is 12.7. The quantitative estimate of drug-likeness (QED) is 0.765. The van der Waals surface area contributed by atoms with E-state index in [1.807, 2.05) is 22.8 Å². The maximum atomic E-state index is 12.7. The largest absolute Gasteiger partial charge is 0.330 e. The molecule has 7 nitrogen and oxygen atoms in total. The molecule has 1 atom stereocenters. The van der Waals surface area contributed by atoms with Crippen LogP contribution in [0.3, 0.4) is 0 Å². The Morgan fingerprint density at radius 1 is 1.28 bits per heavy atom. The standard InChI is InChI=1S/C21H24ClN5O2/c1-15-8-10-25(15)9-4-7-20(28)26-11-12-27-18(13-23-19(27)14-26)21(29)24-17-6-3-2-5-16(17)22/h2-7,13,15H,8-12,14H2,1H3,(H,24,29)/b7-4+/t15-/m0/s1. The molecule has 0 bridgehead atoms. The molecule has 152 valence electrons. The Balaban J connectivity index is 1.38. The van der Waals surface area contributed by atoms with E-state index in [0.717, 1.165) is 13.1 Å². The molecule has 2 aliphatic rings. The van der Waals surface area contributed by atoms with Gasteiger partial charge in [-0.2, -0.15) is 0 Å². The number of hydrogen-bond donors (Lipinski definition) is 1. The second-order valence-electron chi connectivity index (χ2n) is 7.44. The highest BCUT2D eigenvalue weighted by Gasteiger charge is 2.25. The number of imidazole rings is 1. The van der Waals surface area contributed by atoms with Crippen molar-refractivity contribution in [3.63, 3.8) is 0 Å². The molecule has 0 unspecified atom stereocenters. The summed E-state index contributed by atoms with van der Waals surface area (Å²) in [4.78, 5) is 33.6. The minimum Gasteiger partial charge on any atom is -0.330 e. The lowest BCUT2D eigenvalue weighted by Crippen LogP contribution is -2.45. The number of likely N-dealkylation sites (tertiary alicyclic amines) is 1. The highest BCUT2D eigenvalue weighted by molar-refractivity contribution is 6.33. The summed E-state index contributed by atoms with van der Waals surface area (Å²) in [6, 6.07) is 7.70. The molecule has 0 spiro atoms. The molecule has 1 saturated heterocycles. The molecule has 8 heteroatoms. The van der Waals surface area contributed by atoms with Crippen molar-refractivity contribution in [1.82, 2.24) is 19.4 Å². The Hall–Kier alpha value is -2.64. The molecule has 2 aromatic rings. The first kappa shape index (κ1) is 19.7. The van der Waals surface area contributed by atoms with Gasteiger partial charge in [0.15, 0.2) is 0 Å². The summed E-state index contributed by atoms with van der Waals surface area (Å²) in [5.41, 5.74) is 1.03. The van der Waals surface area contributed by atoms with E-state index in [1.54, 1.807) is 29.3 Å². The molecule has 1 N–H and O–H groups in total. The molecule has 0 saturated carbocycles. The second-order valence-corrected chi connectivity index (χ2v) is 7.85. The number of hydrogen-bond acceptors (Lipinski definition) is 4. The van der Waals surface area contributed by atoms with Gasteiger partial charge in [0.1, 0.15) is 11.5 Å². The summed E-state index contributed by atoms with van der Waals surface area (Å²) in [6.45, 7) is 5.57. The van der Waals surface area contributed by atoms with Gasteiger partial charge in [-0.25, -0.2) is 4.98 Å². The smallest absolute Gasteiger partial charge is 0.273 e. The van der Waals surface area contributed by atoms with Gasteiger partial charge in [-0.05, 0) is 25.5 Å². The molecule has 29 heavy (non-hydrogen) atoms. The highest BCUT2D eigenvalue weighted by atomic mass is 35.5. The zero-order valence-corrected chi connectivity index (χ0v) is 17.1. The van der Waals surface area contributed by atoms with Crippen LogP contribution in [-0.2, 0) is 17.9 Å². The number of benzene rings is 1. The first-order valence-corrected chi connectivity index (χ1v) is 10.2. The third kappa shape index (κ3) is 4.21. The van der Waals surface area contributed by atoms with Crippen molar-refractivity contribution in [2.75, 3.05) is 25.0 Å². The fraction of sp³-hybridized carbons (Fsp3) is 0.381. The van der Waals surface area contributed by atoms with Crippen LogP contribution in [0.1, 0.15) is 29.7 Å². The number of amides is 2. The lowest BCUT2D eigenvalue weighted by molar-refractivity contribution is -0.127. The Labute approximate surface area is 175 Å². The van der Waals surface area contributed by atoms with E-state index in [4.69, 9.17) is 11.6 Å². The average molecular weight is 414 g/mol. The van der Waals surface area contributed by atoms with Crippen LogP contribution < -0.4 is 5.32 Å². The molecule has 1 aromatic heterocycles. The maximum Gasteiger partial charge on any atom is 0.273 e. The number of nitrogens with zero attached hydrogens (tertiary/aromatic N) is 4. The van der Waals surface area contributed by atoms with Crippen LogP contribution in [0.2, 0.25) is 5.02 Å². The summed E-state index contributed by atoms with van der Waals surface area (Å²) in [7, 11) is 0. The second kappa shape index (κ2) is 8.39. The van der Waals surface area contributed by atoms with Crippen LogP contribution in [0.15, 0.2) is 42.6 Å². The predicted molar refractivity (Wildman–Crippen MR) is 112 cm³/mol. The number of carbonyl (C=O) groups is 2. The molecule has 2 amide bonds. The van der Waals surface area contributed by atoms with Crippen LogP contribution in [0.5, 0.6) is 0 Å². The molecule has 1 fully saturated rings. The highest BCUT2D eigenvalue weighted by Crippen LogP contribution is 2.22. The Bertz CT molecular complexity index is 954. The zero-order chi connectivity index (χ0) is 20.4. The van der Waals surface area contributed by atoms with Crippen molar-refractivity contribution in [2.45, 2.75) is 32.5 Å². The van der Waals surface area contributed by atoms with Gasteiger partial charge >= 0.3 is 0 Å². The van der Waals surface area contributed by atoms with E-state index in [9.17, 15) is 9.59 Å². The van der Waals surface area contributed by atoms with E-state index in [1.165, 1.54) is 6.42 Å². The molecule has 3 heterocycles. The van der Waals surface area contributed by atoms with Gasteiger partial charge in [-0.3, -0.25) is 14.5 Å². The minimum atomic E-state index is -0.264. The predicted octanol–water partition coefficient (Wildman–Crippen LogP) is 2.78. The third-order valence-electron chi connectivity index (χ3n) is 5.59. The summed E-state index contributed by atoms with van der Waals surface area (Å²) in [5, 5.41) is 3.30. The van der Waals surface area contributed by atoms with Gasteiger partial charge < -0.3 is 14.8 Å². The first-order valence-electron chi connectivity index (χ1n) is 9.82. The van der Waals surface area contributed by atoms with Crippen molar-refractivity contribution >= 4 is 29.1 Å². The van der Waals surface area contributed by atoms with Crippen LogP contribution in [0.25, 0.3) is 0 Å². The fourth-order valence-corrected chi connectivity index (χ4v) is 3.80.